The van der Waals surface area contributed by atoms with Crippen molar-refractivity contribution < 1.29 is 17.9 Å². The Bertz CT molecular complexity index is 907. The second-order valence-corrected chi connectivity index (χ2v) is 9.25. The van der Waals surface area contributed by atoms with Crippen molar-refractivity contribution in [1.82, 2.24) is 9.62 Å². The number of hydrogen-bond acceptors (Lipinski definition) is 6. The third kappa shape index (κ3) is 5.18. The van der Waals surface area contributed by atoms with Crippen molar-refractivity contribution in [3.8, 4) is 0 Å². The maximum absolute atomic E-state index is 12.9. The fourth-order valence-corrected chi connectivity index (χ4v) is 5.28. The number of amides is 1. The molecule has 2 N–H and O–H groups in total. The molecule has 1 fully saturated rings. The zero-order valence-electron chi connectivity index (χ0n) is 16.0. The zero-order valence-corrected chi connectivity index (χ0v) is 17.6. The van der Waals surface area contributed by atoms with E-state index in [1.165, 1.54) is 13.0 Å². The van der Waals surface area contributed by atoms with Crippen molar-refractivity contribution in [3.63, 3.8) is 0 Å². The van der Waals surface area contributed by atoms with Gasteiger partial charge in [0, 0.05) is 38.3 Å². The molecule has 152 valence electrons. The van der Waals surface area contributed by atoms with E-state index in [9.17, 15) is 13.2 Å². The van der Waals surface area contributed by atoms with Gasteiger partial charge in [0.25, 0.3) is 0 Å². The normalized spacial score (nSPS) is 16.6. The van der Waals surface area contributed by atoms with Gasteiger partial charge in [-0.15, -0.1) is 0 Å². The van der Waals surface area contributed by atoms with E-state index in [0.717, 1.165) is 18.7 Å². The Kier molecular flexibility index (Phi) is 6.84. The number of nitrogens with one attached hydrogen (secondary N) is 2. The molecule has 1 atom stereocenters. The van der Waals surface area contributed by atoms with Crippen LogP contribution in [0.4, 0.5) is 5.69 Å². The number of carbonyl (C=O) groups is 1. The van der Waals surface area contributed by atoms with E-state index in [0.29, 0.717) is 24.5 Å². The van der Waals surface area contributed by atoms with Gasteiger partial charge in [-0.25, -0.2) is 13.1 Å². The Balaban J connectivity index is 1.76. The number of morpholine rings is 1. The van der Waals surface area contributed by atoms with E-state index in [-0.39, 0.29) is 23.4 Å². The lowest BCUT2D eigenvalue weighted by molar-refractivity contribution is -0.114. The summed E-state index contributed by atoms with van der Waals surface area (Å²) < 4.78 is 34.0. The maximum atomic E-state index is 12.9. The van der Waals surface area contributed by atoms with Crippen LogP contribution in [0.1, 0.15) is 24.1 Å². The van der Waals surface area contributed by atoms with Crippen molar-refractivity contribution in [2.45, 2.75) is 24.8 Å². The van der Waals surface area contributed by atoms with Gasteiger partial charge in [0.2, 0.25) is 15.9 Å². The molecular weight excluding hydrogens is 398 g/mol. The van der Waals surface area contributed by atoms with Crippen molar-refractivity contribution in [2.24, 2.45) is 0 Å². The first-order chi connectivity index (χ1) is 13.4. The average molecular weight is 424 g/mol. The SMILES string of the molecule is CC(=O)Nc1ccc(S(=O)(=O)NCC(c2ccsc2)N2CCOCC2)c(C)c1. The highest BCUT2D eigenvalue weighted by molar-refractivity contribution is 7.89. The predicted molar refractivity (Wildman–Crippen MR) is 110 cm³/mol. The first-order valence-corrected chi connectivity index (χ1v) is 11.5. The van der Waals surface area contributed by atoms with Crippen LogP contribution < -0.4 is 10.0 Å². The Morgan fingerprint density at radius 3 is 2.64 bits per heavy atom. The fourth-order valence-electron chi connectivity index (χ4n) is 3.31. The highest BCUT2D eigenvalue weighted by atomic mass is 32.2. The van der Waals surface area contributed by atoms with Crippen molar-refractivity contribution in [1.29, 1.82) is 0 Å². The lowest BCUT2D eigenvalue weighted by atomic mass is 10.1. The first-order valence-electron chi connectivity index (χ1n) is 9.08. The Morgan fingerprint density at radius 1 is 1.29 bits per heavy atom. The van der Waals surface area contributed by atoms with Crippen LogP contribution in [0, 0.1) is 6.92 Å². The summed E-state index contributed by atoms with van der Waals surface area (Å²) in [5, 5.41) is 6.72. The molecule has 0 radical (unpaired) electrons. The molecule has 28 heavy (non-hydrogen) atoms. The number of ether oxygens (including phenoxy) is 1. The highest BCUT2D eigenvalue weighted by Crippen LogP contribution is 2.25. The monoisotopic (exact) mass is 423 g/mol. The molecule has 2 heterocycles. The Labute approximate surface area is 169 Å². The van der Waals surface area contributed by atoms with Gasteiger partial charge in [-0.2, -0.15) is 11.3 Å². The molecule has 1 aromatic carbocycles. The molecule has 1 unspecified atom stereocenters. The standard InChI is InChI=1S/C19H25N3O4S2/c1-14-11-17(21-15(2)23)3-4-19(14)28(24,25)20-12-18(16-5-10-27-13-16)22-6-8-26-9-7-22/h3-5,10-11,13,18,20H,6-9,12H2,1-2H3,(H,21,23). The summed E-state index contributed by atoms with van der Waals surface area (Å²) >= 11 is 1.60. The Morgan fingerprint density at radius 2 is 2.04 bits per heavy atom. The molecular formula is C19H25N3O4S2. The molecule has 1 aliphatic rings. The van der Waals surface area contributed by atoms with Crippen LogP contribution in [0.3, 0.4) is 0 Å². The number of rotatable bonds is 7. The maximum Gasteiger partial charge on any atom is 0.240 e. The van der Waals surface area contributed by atoms with Gasteiger partial charge in [-0.3, -0.25) is 9.69 Å². The molecule has 1 aromatic heterocycles. The number of benzene rings is 1. The predicted octanol–water partition coefficient (Wildman–Crippen LogP) is 2.37. The zero-order chi connectivity index (χ0) is 20.1. The lowest BCUT2D eigenvalue weighted by Crippen LogP contribution is -2.43. The van der Waals surface area contributed by atoms with E-state index in [4.69, 9.17) is 4.74 Å². The number of aryl methyl sites for hydroxylation is 1. The largest absolute Gasteiger partial charge is 0.379 e. The van der Waals surface area contributed by atoms with E-state index in [2.05, 4.69) is 20.3 Å². The molecule has 1 saturated heterocycles. The minimum Gasteiger partial charge on any atom is -0.379 e. The number of anilines is 1. The number of sulfonamides is 1. The van der Waals surface area contributed by atoms with Gasteiger partial charge in [-0.05, 0) is 53.1 Å². The van der Waals surface area contributed by atoms with Crippen LogP contribution in [0.2, 0.25) is 0 Å². The van der Waals surface area contributed by atoms with Crippen LogP contribution in [0.25, 0.3) is 0 Å². The number of thiophene rings is 1. The molecule has 0 aliphatic carbocycles. The van der Waals surface area contributed by atoms with Gasteiger partial charge in [0.05, 0.1) is 18.1 Å². The summed E-state index contributed by atoms with van der Waals surface area (Å²) in [6.07, 6.45) is 0. The molecule has 0 spiro atoms. The van der Waals surface area contributed by atoms with Crippen LogP contribution >= 0.6 is 11.3 Å². The molecule has 1 aliphatic heterocycles. The second-order valence-electron chi connectivity index (χ2n) is 6.73. The van der Waals surface area contributed by atoms with E-state index in [1.54, 1.807) is 30.4 Å². The smallest absolute Gasteiger partial charge is 0.240 e. The number of nitrogens with zero attached hydrogens (tertiary/aromatic N) is 1. The van der Waals surface area contributed by atoms with E-state index >= 15 is 0 Å². The van der Waals surface area contributed by atoms with Crippen molar-refractivity contribution in [3.05, 3.63) is 46.2 Å². The Hall–Kier alpha value is -1.78. The summed E-state index contributed by atoms with van der Waals surface area (Å²) in [5.41, 5.74) is 2.26. The van der Waals surface area contributed by atoms with Gasteiger partial charge in [0.15, 0.2) is 0 Å². The molecule has 1 amide bonds. The summed E-state index contributed by atoms with van der Waals surface area (Å²) in [6, 6.07) is 6.78. The molecule has 2 aromatic rings. The lowest BCUT2D eigenvalue weighted by Gasteiger charge is -2.34. The summed E-state index contributed by atoms with van der Waals surface area (Å²) in [7, 11) is -3.68. The van der Waals surface area contributed by atoms with Gasteiger partial charge in [-0.1, -0.05) is 0 Å². The first kappa shape index (κ1) is 20.9. The van der Waals surface area contributed by atoms with Crippen molar-refractivity contribution in [2.75, 3.05) is 38.2 Å². The van der Waals surface area contributed by atoms with E-state index < -0.39 is 10.0 Å². The van der Waals surface area contributed by atoms with Crippen molar-refractivity contribution >= 4 is 33.0 Å². The highest BCUT2D eigenvalue weighted by Gasteiger charge is 2.26. The third-order valence-electron chi connectivity index (χ3n) is 4.67. The fraction of sp³-hybridized carbons (Fsp3) is 0.421. The molecule has 3 rings (SSSR count). The molecule has 9 heteroatoms. The quantitative estimate of drug-likeness (QED) is 0.714. The van der Waals surface area contributed by atoms with E-state index in [1.807, 2.05) is 11.4 Å². The summed E-state index contributed by atoms with van der Waals surface area (Å²) in [6.45, 7) is 6.26. The average Bonchev–Trinajstić information content (AvgIpc) is 3.16. The number of carbonyl (C=O) groups excluding carboxylic acids is 1. The minimum atomic E-state index is -3.68. The van der Waals surface area contributed by atoms with Crippen LogP contribution in [-0.4, -0.2) is 52.1 Å². The summed E-state index contributed by atoms with van der Waals surface area (Å²) in [5.74, 6) is -0.197. The van der Waals surface area contributed by atoms with Crippen LogP contribution in [0.15, 0.2) is 39.9 Å². The van der Waals surface area contributed by atoms with Gasteiger partial charge in [0.1, 0.15) is 0 Å². The third-order valence-corrected chi connectivity index (χ3v) is 6.95. The van der Waals surface area contributed by atoms with Crippen LogP contribution in [0.5, 0.6) is 0 Å². The second kappa shape index (κ2) is 9.15. The minimum absolute atomic E-state index is 0.0381. The molecule has 7 nitrogen and oxygen atoms in total. The molecule has 0 bridgehead atoms. The summed E-state index contributed by atoms with van der Waals surface area (Å²) in [4.78, 5) is 13.7. The molecule has 0 saturated carbocycles. The number of hydrogen-bond donors (Lipinski definition) is 2. The van der Waals surface area contributed by atoms with Gasteiger partial charge >= 0.3 is 0 Å². The van der Waals surface area contributed by atoms with Crippen LogP contribution in [-0.2, 0) is 19.6 Å². The van der Waals surface area contributed by atoms with Gasteiger partial charge < -0.3 is 10.1 Å². The topological polar surface area (TPSA) is 87.7 Å².